The van der Waals surface area contributed by atoms with E-state index in [1.807, 2.05) is 0 Å². The maximum atomic E-state index is 13.0. The average Bonchev–Trinajstić information content (AvgIpc) is 3.58. The first-order valence-electron chi connectivity index (χ1n) is 12.8. The molecule has 6 rings (SSSR count). The Morgan fingerprint density at radius 1 is 0.975 bits per heavy atom. The summed E-state index contributed by atoms with van der Waals surface area (Å²) in [5.41, 5.74) is 1.90. The van der Waals surface area contributed by atoms with Gasteiger partial charge in [0.1, 0.15) is 24.4 Å². The van der Waals surface area contributed by atoms with Crippen molar-refractivity contribution in [3.05, 3.63) is 34.9 Å². The number of benzene rings is 2. The van der Waals surface area contributed by atoms with Crippen LogP contribution in [0.15, 0.2) is 18.2 Å². The van der Waals surface area contributed by atoms with Crippen LogP contribution in [0.25, 0.3) is 0 Å². The number of phenols is 1. The van der Waals surface area contributed by atoms with Crippen molar-refractivity contribution >= 4 is 5.97 Å². The number of cyclic esters (lactones) is 1. The molecule has 3 aliphatic heterocycles. The lowest BCUT2D eigenvalue weighted by molar-refractivity contribution is -0.277. The molecule has 0 saturated carbocycles. The Morgan fingerprint density at radius 2 is 1.70 bits per heavy atom. The van der Waals surface area contributed by atoms with Crippen molar-refractivity contribution < 1.29 is 63.5 Å². The molecule has 2 fully saturated rings. The van der Waals surface area contributed by atoms with Crippen LogP contribution in [0.2, 0.25) is 0 Å². The molecule has 2 saturated heterocycles. The van der Waals surface area contributed by atoms with Gasteiger partial charge >= 0.3 is 5.97 Å². The number of esters is 1. The van der Waals surface area contributed by atoms with Gasteiger partial charge in [0.2, 0.25) is 24.6 Å². The minimum absolute atomic E-state index is 0.107. The molecule has 5 N–H and O–H groups in total. The summed E-state index contributed by atoms with van der Waals surface area (Å²) in [7, 11) is 2.81. The third-order valence-electron chi connectivity index (χ3n) is 8.08. The average molecular weight is 563 g/mol. The highest BCUT2D eigenvalue weighted by molar-refractivity contribution is 5.79. The van der Waals surface area contributed by atoms with Gasteiger partial charge in [-0.3, -0.25) is 4.79 Å². The summed E-state index contributed by atoms with van der Waals surface area (Å²) in [6, 6.07) is 5.02. The molecule has 0 bridgehead atoms. The second kappa shape index (κ2) is 10.2. The van der Waals surface area contributed by atoms with E-state index in [9.17, 15) is 30.3 Å². The summed E-state index contributed by atoms with van der Waals surface area (Å²) >= 11 is 0. The van der Waals surface area contributed by atoms with E-state index in [-0.39, 0.29) is 54.0 Å². The lowest BCUT2D eigenvalue weighted by atomic mass is 9.67. The van der Waals surface area contributed by atoms with Gasteiger partial charge in [-0.05, 0) is 35.7 Å². The number of aliphatic hydroxyl groups excluding tert-OH is 4. The SMILES string of the molecule is COc1cc([C@H]2c3cc4c(c(O[C@@H]5O[C@@H](CO)[C@@H](O)[C@@H](O)[C@H]5O)c3C[C@H]3COC(=O)[C@@H]32)OCO4)cc(OC)c1O. The van der Waals surface area contributed by atoms with Crippen LogP contribution in [-0.2, 0) is 20.7 Å². The zero-order chi connectivity index (χ0) is 28.3. The van der Waals surface area contributed by atoms with Crippen molar-refractivity contribution in [3.8, 4) is 34.5 Å². The van der Waals surface area contributed by atoms with Gasteiger partial charge in [0.05, 0.1) is 33.4 Å². The number of phenolic OH excluding ortho intramolecular Hbond substituents is 1. The highest BCUT2D eigenvalue weighted by atomic mass is 16.7. The molecule has 0 radical (unpaired) electrons. The van der Waals surface area contributed by atoms with Crippen molar-refractivity contribution in [1.29, 1.82) is 0 Å². The molecule has 2 aromatic rings. The van der Waals surface area contributed by atoms with Crippen molar-refractivity contribution in [3.63, 3.8) is 0 Å². The van der Waals surface area contributed by atoms with Crippen molar-refractivity contribution in [2.24, 2.45) is 11.8 Å². The number of carbonyl (C=O) groups is 1. The minimum Gasteiger partial charge on any atom is -0.502 e. The van der Waals surface area contributed by atoms with E-state index in [0.29, 0.717) is 28.9 Å². The fourth-order valence-corrected chi connectivity index (χ4v) is 6.07. The third kappa shape index (κ3) is 4.08. The number of hydrogen-bond donors (Lipinski definition) is 5. The number of aromatic hydroxyl groups is 1. The lowest BCUT2D eigenvalue weighted by Crippen LogP contribution is -2.60. The van der Waals surface area contributed by atoms with Crippen LogP contribution in [0.4, 0.5) is 0 Å². The van der Waals surface area contributed by atoms with Crippen LogP contribution in [0.3, 0.4) is 0 Å². The summed E-state index contributed by atoms with van der Waals surface area (Å²) in [4.78, 5) is 13.0. The fraction of sp³-hybridized carbons (Fsp3) is 0.519. The van der Waals surface area contributed by atoms with Crippen molar-refractivity contribution in [2.45, 2.75) is 43.0 Å². The monoisotopic (exact) mass is 562 g/mol. The van der Waals surface area contributed by atoms with E-state index in [4.69, 9.17) is 33.2 Å². The van der Waals surface area contributed by atoms with Gasteiger partial charge in [0.15, 0.2) is 23.0 Å². The molecule has 13 heteroatoms. The molecular weight excluding hydrogens is 532 g/mol. The normalized spacial score (nSPS) is 32.2. The zero-order valence-corrected chi connectivity index (χ0v) is 21.7. The second-order valence-electron chi connectivity index (χ2n) is 10.2. The molecular formula is C27H30O13. The molecule has 8 atom stereocenters. The first-order valence-corrected chi connectivity index (χ1v) is 12.8. The number of hydrogen-bond acceptors (Lipinski definition) is 13. The summed E-state index contributed by atoms with van der Waals surface area (Å²) < 4.78 is 39.4. The van der Waals surface area contributed by atoms with E-state index < -0.39 is 49.1 Å². The van der Waals surface area contributed by atoms with Crippen LogP contribution in [0.1, 0.15) is 22.6 Å². The Labute approximate surface area is 228 Å². The summed E-state index contributed by atoms with van der Waals surface area (Å²) in [5.74, 6) is -0.932. The number of carbonyl (C=O) groups excluding carboxylic acids is 1. The highest BCUT2D eigenvalue weighted by Crippen LogP contribution is 2.56. The molecule has 2 aromatic carbocycles. The number of ether oxygens (including phenoxy) is 7. The molecule has 0 amide bonds. The Balaban J connectivity index is 1.50. The standard InChI is InChI=1S/C27H30O13/c1-34-14-4-10(5-15(35-2)20(14)29)18-12-6-16-25(38-9-37-16)24(13(12)3-11-8-36-26(33)19(11)18)40-27-23(32)22(31)21(30)17(7-28)39-27/h4-6,11,17-19,21-23,27-32H,3,7-9H2,1-2H3/t11-,17-,18-,19-,21+,22+,23+,27-/m0/s1. The minimum atomic E-state index is -1.65. The van der Waals surface area contributed by atoms with Crippen molar-refractivity contribution in [2.75, 3.05) is 34.2 Å². The maximum absolute atomic E-state index is 13.0. The smallest absolute Gasteiger partial charge is 0.310 e. The summed E-state index contributed by atoms with van der Waals surface area (Å²) in [5, 5.41) is 51.3. The largest absolute Gasteiger partial charge is 0.502 e. The zero-order valence-electron chi connectivity index (χ0n) is 21.7. The van der Waals surface area contributed by atoms with Crippen LogP contribution in [-0.4, -0.2) is 96.4 Å². The number of rotatable bonds is 6. The van der Waals surface area contributed by atoms with Gasteiger partial charge in [0.25, 0.3) is 0 Å². The van der Waals surface area contributed by atoms with Gasteiger partial charge in [-0.25, -0.2) is 0 Å². The molecule has 1 aliphatic carbocycles. The van der Waals surface area contributed by atoms with Crippen LogP contribution >= 0.6 is 0 Å². The van der Waals surface area contributed by atoms with Gasteiger partial charge in [-0.15, -0.1) is 0 Å². The predicted octanol–water partition coefficient (Wildman–Crippen LogP) is -0.206. The quantitative estimate of drug-likeness (QED) is 0.292. The molecule has 13 nitrogen and oxygen atoms in total. The number of fused-ring (bicyclic) bond motifs is 3. The first-order chi connectivity index (χ1) is 19.3. The molecule has 4 aliphatic rings. The summed E-state index contributed by atoms with van der Waals surface area (Å²) in [6.07, 6.45) is -7.15. The molecule has 40 heavy (non-hydrogen) atoms. The highest BCUT2D eigenvalue weighted by Gasteiger charge is 2.51. The van der Waals surface area contributed by atoms with E-state index in [2.05, 4.69) is 0 Å². The molecule has 0 spiro atoms. The van der Waals surface area contributed by atoms with E-state index in [1.165, 1.54) is 14.2 Å². The maximum Gasteiger partial charge on any atom is 0.310 e. The second-order valence-corrected chi connectivity index (χ2v) is 10.2. The van der Waals surface area contributed by atoms with Gasteiger partial charge in [0, 0.05) is 17.4 Å². The van der Waals surface area contributed by atoms with Gasteiger partial charge in [-0.2, -0.15) is 0 Å². The molecule has 0 unspecified atom stereocenters. The Hall–Kier alpha value is -3.49. The Kier molecular flexibility index (Phi) is 6.79. The van der Waals surface area contributed by atoms with Crippen LogP contribution in [0, 0.1) is 11.8 Å². The summed E-state index contributed by atoms with van der Waals surface area (Å²) in [6.45, 7) is -0.561. The van der Waals surface area contributed by atoms with Crippen molar-refractivity contribution in [1.82, 2.24) is 0 Å². The first kappa shape index (κ1) is 26.7. The molecule has 3 heterocycles. The lowest BCUT2D eigenvalue weighted by Gasteiger charge is -2.40. The Morgan fingerprint density at radius 3 is 2.38 bits per heavy atom. The number of aliphatic hydroxyl groups is 4. The van der Waals surface area contributed by atoms with Crippen LogP contribution in [0.5, 0.6) is 34.5 Å². The van der Waals surface area contributed by atoms with Gasteiger partial charge < -0.3 is 58.7 Å². The molecule has 216 valence electrons. The molecule has 0 aromatic heterocycles. The van der Waals surface area contributed by atoms with E-state index in [0.717, 1.165) is 0 Å². The third-order valence-corrected chi connectivity index (χ3v) is 8.08. The predicted molar refractivity (Wildman–Crippen MR) is 132 cm³/mol. The van der Waals surface area contributed by atoms with E-state index >= 15 is 0 Å². The Bertz CT molecular complexity index is 1280. The topological polar surface area (TPSA) is 183 Å². The van der Waals surface area contributed by atoms with Gasteiger partial charge in [-0.1, -0.05) is 0 Å². The fourth-order valence-electron chi connectivity index (χ4n) is 6.07. The van der Waals surface area contributed by atoms with E-state index in [1.54, 1.807) is 18.2 Å². The van der Waals surface area contributed by atoms with Crippen LogP contribution < -0.4 is 23.7 Å². The number of methoxy groups -OCH3 is 2.